The summed E-state index contributed by atoms with van der Waals surface area (Å²) in [6, 6.07) is 7.77. The molecule has 2 fully saturated rings. The van der Waals surface area contributed by atoms with Gasteiger partial charge in [0.1, 0.15) is 5.75 Å². The van der Waals surface area contributed by atoms with Crippen LogP contribution < -0.4 is 0 Å². The van der Waals surface area contributed by atoms with E-state index in [4.69, 9.17) is 0 Å². The highest BCUT2D eigenvalue weighted by Gasteiger charge is 2.30. The number of carbonyl (C=O) groups excluding carboxylic acids is 1. The SMILES string of the molecule is C[C@H](C1CCN(C(=O)Cc2ccccc2O)CC1)N1CCCC1. The molecule has 0 spiro atoms. The molecule has 1 aromatic rings. The van der Waals surface area contributed by atoms with Gasteiger partial charge >= 0.3 is 0 Å². The number of nitrogens with zero attached hydrogens (tertiary/aromatic N) is 2. The Labute approximate surface area is 139 Å². The molecule has 0 aliphatic carbocycles. The monoisotopic (exact) mass is 316 g/mol. The van der Waals surface area contributed by atoms with Gasteiger partial charge in [0.2, 0.25) is 5.91 Å². The van der Waals surface area contributed by atoms with Gasteiger partial charge in [0.15, 0.2) is 0 Å². The number of rotatable bonds is 4. The second kappa shape index (κ2) is 7.35. The van der Waals surface area contributed by atoms with Crippen LogP contribution in [0.5, 0.6) is 5.75 Å². The first-order valence-corrected chi connectivity index (χ1v) is 8.94. The van der Waals surface area contributed by atoms with Gasteiger partial charge in [0, 0.05) is 24.7 Å². The fourth-order valence-corrected chi connectivity index (χ4v) is 4.01. The van der Waals surface area contributed by atoms with Crippen molar-refractivity contribution in [1.29, 1.82) is 0 Å². The Hall–Kier alpha value is -1.55. The lowest BCUT2D eigenvalue weighted by Gasteiger charge is -2.38. The van der Waals surface area contributed by atoms with Crippen molar-refractivity contribution in [2.45, 2.75) is 45.1 Å². The maximum Gasteiger partial charge on any atom is 0.227 e. The van der Waals surface area contributed by atoms with Crippen LogP contribution in [-0.2, 0) is 11.2 Å². The maximum absolute atomic E-state index is 12.5. The first kappa shape index (κ1) is 16.3. The molecule has 0 aromatic heterocycles. The van der Waals surface area contributed by atoms with E-state index < -0.39 is 0 Å². The fraction of sp³-hybridized carbons (Fsp3) is 0.632. The minimum absolute atomic E-state index is 0.138. The molecule has 23 heavy (non-hydrogen) atoms. The molecule has 0 bridgehead atoms. The quantitative estimate of drug-likeness (QED) is 0.929. The van der Waals surface area contributed by atoms with E-state index >= 15 is 0 Å². The molecule has 4 nitrogen and oxygen atoms in total. The van der Waals surface area contributed by atoms with Crippen molar-refractivity contribution in [3.8, 4) is 5.75 Å². The van der Waals surface area contributed by atoms with E-state index in [1.54, 1.807) is 12.1 Å². The lowest BCUT2D eigenvalue weighted by atomic mass is 9.89. The van der Waals surface area contributed by atoms with Gasteiger partial charge in [-0.2, -0.15) is 0 Å². The Morgan fingerprint density at radius 2 is 1.83 bits per heavy atom. The van der Waals surface area contributed by atoms with E-state index in [1.165, 1.54) is 25.9 Å². The number of benzene rings is 1. The number of likely N-dealkylation sites (tertiary alicyclic amines) is 2. The summed E-state index contributed by atoms with van der Waals surface area (Å²) in [5, 5.41) is 9.82. The van der Waals surface area contributed by atoms with Crippen LogP contribution in [0.1, 0.15) is 38.2 Å². The minimum atomic E-state index is 0.138. The first-order chi connectivity index (χ1) is 11.1. The summed E-state index contributed by atoms with van der Waals surface area (Å²) in [7, 11) is 0. The molecule has 2 aliphatic heterocycles. The Morgan fingerprint density at radius 1 is 1.17 bits per heavy atom. The van der Waals surface area contributed by atoms with Gasteiger partial charge in [-0.25, -0.2) is 0 Å². The lowest BCUT2D eigenvalue weighted by Crippen LogP contribution is -2.45. The predicted molar refractivity (Wildman–Crippen MR) is 91.4 cm³/mol. The first-order valence-electron chi connectivity index (χ1n) is 8.94. The Kier molecular flexibility index (Phi) is 5.21. The number of phenols is 1. The molecule has 3 rings (SSSR count). The third kappa shape index (κ3) is 3.86. The maximum atomic E-state index is 12.5. The standard InChI is InChI=1S/C19H28N2O2/c1-15(20-10-4-5-11-20)16-8-12-21(13-9-16)19(23)14-17-6-2-3-7-18(17)22/h2-3,6-7,15-16,22H,4-5,8-14H2,1H3/t15-/m1/s1. The highest BCUT2D eigenvalue weighted by Crippen LogP contribution is 2.27. The molecule has 2 saturated heterocycles. The second-order valence-electron chi connectivity index (χ2n) is 7.01. The number of aromatic hydroxyl groups is 1. The van der Waals surface area contributed by atoms with Crippen LogP contribution in [0, 0.1) is 5.92 Å². The largest absolute Gasteiger partial charge is 0.508 e. The summed E-state index contributed by atoms with van der Waals surface area (Å²) in [4.78, 5) is 17.0. The van der Waals surface area contributed by atoms with Crippen molar-refractivity contribution < 1.29 is 9.90 Å². The van der Waals surface area contributed by atoms with E-state index in [9.17, 15) is 9.90 Å². The van der Waals surface area contributed by atoms with E-state index in [-0.39, 0.29) is 11.7 Å². The normalized spacial score (nSPS) is 21.5. The third-order valence-corrected chi connectivity index (χ3v) is 5.62. The van der Waals surface area contributed by atoms with Gasteiger partial charge in [-0.15, -0.1) is 0 Å². The van der Waals surface area contributed by atoms with Gasteiger partial charge in [0.05, 0.1) is 6.42 Å². The molecular formula is C19H28N2O2. The fourth-order valence-electron chi connectivity index (χ4n) is 4.01. The zero-order chi connectivity index (χ0) is 16.2. The molecule has 1 amide bonds. The Balaban J connectivity index is 1.50. The summed E-state index contributed by atoms with van der Waals surface area (Å²) >= 11 is 0. The van der Waals surface area contributed by atoms with Crippen LogP contribution in [0.15, 0.2) is 24.3 Å². The van der Waals surface area contributed by atoms with Gasteiger partial charge in [0.25, 0.3) is 0 Å². The summed E-state index contributed by atoms with van der Waals surface area (Å²) < 4.78 is 0. The summed E-state index contributed by atoms with van der Waals surface area (Å²) in [6.45, 7) is 6.56. The number of para-hydroxylation sites is 1. The number of hydrogen-bond acceptors (Lipinski definition) is 3. The molecule has 1 N–H and O–H groups in total. The van der Waals surface area contributed by atoms with Crippen LogP contribution in [-0.4, -0.2) is 53.0 Å². The van der Waals surface area contributed by atoms with E-state index in [0.29, 0.717) is 18.4 Å². The number of hydrogen-bond donors (Lipinski definition) is 1. The van der Waals surface area contributed by atoms with Crippen LogP contribution in [0.4, 0.5) is 0 Å². The van der Waals surface area contributed by atoms with E-state index in [1.807, 2.05) is 17.0 Å². The summed E-state index contributed by atoms with van der Waals surface area (Å²) in [5.74, 6) is 1.07. The molecule has 0 unspecified atom stereocenters. The van der Waals surface area contributed by atoms with Crippen LogP contribution >= 0.6 is 0 Å². The zero-order valence-corrected chi connectivity index (χ0v) is 14.1. The number of carbonyl (C=O) groups is 1. The predicted octanol–water partition coefficient (Wildman–Crippen LogP) is 2.66. The van der Waals surface area contributed by atoms with Crippen LogP contribution in [0.25, 0.3) is 0 Å². The lowest BCUT2D eigenvalue weighted by molar-refractivity contribution is -0.132. The van der Waals surface area contributed by atoms with Gasteiger partial charge in [-0.05, 0) is 57.7 Å². The van der Waals surface area contributed by atoms with Crippen LogP contribution in [0.3, 0.4) is 0 Å². The molecule has 1 aromatic carbocycles. The smallest absolute Gasteiger partial charge is 0.227 e. The van der Waals surface area contributed by atoms with E-state index in [2.05, 4.69) is 11.8 Å². The Morgan fingerprint density at radius 3 is 2.48 bits per heavy atom. The van der Waals surface area contributed by atoms with Gasteiger partial charge < -0.3 is 14.9 Å². The Bertz CT molecular complexity index is 532. The number of amides is 1. The van der Waals surface area contributed by atoms with Crippen molar-refractivity contribution in [2.75, 3.05) is 26.2 Å². The van der Waals surface area contributed by atoms with Crippen molar-refractivity contribution in [3.05, 3.63) is 29.8 Å². The topological polar surface area (TPSA) is 43.8 Å². The number of piperidine rings is 1. The minimum Gasteiger partial charge on any atom is -0.508 e. The highest BCUT2D eigenvalue weighted by molar-refractivity contribution is 5.79. The summed E-state index contributed by atoms with van der Waals surface area (Å²) in [5.41, 5.74) is 0.727. The second-order valence-corrected chi connectivity index (χ2v) is 7.01. The van der Waals surface area contributed by atoms with Gasteiger partial charge in [-0.1, -0.05) is 18.2 Å². The van der Waals surface area contributed by atoms with Crippen molar-refractivity contribution in [3.63, 3.8) is 0 Å². The molecular weight excluding hydrogens is 288 g/mol. The average Bonchev–Trinajstić information content (AvgIpc) is 3.11. The average molecular weight is 316 g/mol. The molecule has 2 aliphatic rings. The molecule has 0 saturated carbocycles. The molecule has 2 heterocycles. The van der Waals surface area contributed by atoms with Crippen molar-refractivity contribution in [2.24, 2.45) is 5.92 Å². The number of phenolic OH excluding ortho intramolecular Hbond substituents is 1. The molecule has 126 valence electrons. The molecule has 1 atom stereocenters. The summed E-state index contributed by atoms with van der Waals surface area (Å²) in [6.07, 6.45) is 5.18. The molecule has 0 radical (unpaired) electrons. The highest BCUT2D eigenvalue weighted by atomic mass is 16.3. The van der Waals surface area contributed by atoms with E-state index in [0.717, 1.165) is 31.5 Å². The molecule has 4 heteroatoms. The van der Waals surface area contributed by atoms with Crippen molar-refractivity contribution in [1.82, 2.24) is 9.80 Å². The van der Waals surface area contributed by atoms with Crippen molar-refractivity contribution >= 4 is 5.91 Å². The van der Waals surface area contributed by atoms with Crippen LogP contribution in [0.2, 0.25) is 0 Å². The van der Waals surface area contributed by atoms with Gasteiger partial charge in [-0.3, -0.25) is 4.79 Å². The third-order valence-electron chi connectivity index (χ3n) is 5.62. The zero-order valence-electron chi connectivity index (χ0n) is 14.1.